The predicted octanol–water partition coefficient (Wildman–Crippen LogP) is 3.18. The number of carbonyl (C=O) groups excluding carboxylic acids is 1. The number of hydrogen-bond donors (Lipinski definition) is 0. The van der Waals surface area contributed by atoms with Gasteiger partial charge in [-0.25, -0.2) is 0 Å². The molecule has 0 radical (unpaired) electrons. The molecule has 1 atom stereocenters. The molecule has 1 fully saturated rings. The van der Waals surface area contributed by atoms with Crippen molar-refractivity contribution in [3.63, 3.8) is 0 Å². The molecule has 1 heterocycles. The standard InChI is InChI=1S/C14H18ClNO/c1-11-2-7-14(17)16(9-11)10-13-5-3-12(8-15)4-6-13/h3-6,11H,2,7-10H2,1H3. The summed E-state index contributed by atoms with van der Waals surface area (Å²) in [6, 6.07) is 8.18. The molecule has 2 rings (SSSR count). The van der Waals surface area contributed by atoms with Gasteiger partial charge in [0.1, 0.15) is 0 Å². The Labute approximate surface area is 108 Å². The third kappa shape index (κ3) is 3.22. The van der Waals surface area contributed by atoms with E-state index in [9.17, 15) is 4.79 Å². The molecule has 0 aromatic heterocycles. The molecular formula is C14H18ClNO. The average molecular weight is 252 g/mol. The van der Waals surface area contributed by atoms with Crippen molar-refractivity contribution in [1.29, 1.82) is 0 Å². The summed E-state index contributed by atoms with van der Waals surface area (Å²) in [5.74, 6) is 1.44. The van der Waals surface area contributed by atoms with Crippen molar-refractivity contribution in [2.75, 3.05) is 6.54 Å². The Morgan fingerprint density at radius 1 is 1.29 bits per heavy atom. The number of halogens is 1. The molecule has 17 heavy (non-hydrogen) atoms. The molecule has 92 valence electrons. The van der Waals surface area contributed by atoms with Crippen molar-refractivity contribution in [3.05, 3.63) is 35.4 Å². The number of amides is 1. The molecular weight excluding hydrogens is 234 g/mol. The minimum atomic E-state index is 0.282. The van der Waals surface area contributed by atoms with Crippen LogP contribution in [0.4, 0.5) is 0 Å². The lowest BCUT2D eigenvalue weighted by atomic mass is 9.99. The Balaban J connectivity index is 2.01. The lowest BCUT2D eigenvalue weighted by molar-refractivity contribution is -0.135. The molecule has 1 aromatic carbocycles. The van der Waals surface area contributed by atoms with Crippen LogP contribution < -0.4 is 0 Å². The Hall–Kier alpha value is -1.02. The minimum Gasteiger partial charge on any atom is -0.338 e. The maximum atomic E-state index is 11.8. The molecule has 1 amide bonds. The molecule has 0 N–H and O–H groups in total. The van der Waals surface area contributed by atoms with E-state index in [1.165, 1.54) is 5.56 Å². The molecule has 3 heteroatoms. The van der Waals surface area contributed by atoms with Gasteiger partial charge in [-0.05, 0) is 23.5 Å². The lowest BCUT2D eigenvalue weighted by Gasteiger charge is -2.30. The van der Waals surface area contributed by atoms with Gasteiger partial charge in [-0.3, -0.25) is 4.79 Å². The first-order valence-corrected chi connectivity index (χ1v) is 6.64. The summed E-state index contributed by atoms with van der Waals surface area (Å²) in [6.45, 7) is 3.82. The summed E-state index contributed by atoms with van der Waals surface area (Å²) in [4.78, 5) is 13.7. The predicted molar refractivity (Wildman–Crippen MR) is 69.8 cm³/mol. The van der Waals surface area contributed by atoms with Gasteiger partial charge in [-0.15, -0.1) is 11.6 Å². The largest absolute Gasteiger partial charge is 0.338 e. The van der Waals surface area contributed by atoms with Crippen molar-refractivity contribution in [1.82, 2.24) is 4.90 Å². The highest BCUT2D eigenvalue weighted by Gasteiger charge is 2.22. The van der Waals surface area contributed by atoms with Crippen LogP contribution in [0.25, 0.3) is 0 Å². The van der Waals surface area contributed by atoms with Crippen LogP contribution in [0, 0.1) is 5.92 Å². The van der Waals surface area contributed by atoms with E-state index in [-0.39, 0.29) is 5.91 Å². The maximum absolute atomic E-state index is 11.8. The molecule has 1 unspecified atom stereocenters. The average Bonchev–Trinajstić information content (AvgIpc) is 2.35. The quantitative estimate of drug-likeness (QED) is 0.756. The van der Waals surface area contributed by atoms with Gasteiger partial charge < -0.3 is 4.90 Å². The fraction of sp³-hybridized carbons (Fsp3) is 0.500. The highest BCUT2D eigenvalue weighted by Crippen LogP contribution is 2.19. The van der Waals surface area contributed by atoms with E-state index in [1.807, 2.05) is 17.0 Å². The number of nitrogens with zero attached hydrogens (tertiary/aromatic N) is 1. The van der Waals surface area contributed by atoms with Crippen LogP contribution in [0.1, 0.15) is 30.9 Å². The van der Waals surface area contributed by atoms with Crippen LogP contribution in [0.15, 0.2) is 24.3 Å². The summed E-state index contributed by atoms with van der Waals surface area (Å²) in [6.07, 6.45) is 1.72. The molecule has 1 aliphatic heterocycles. The molecule has 0 bridgehead atoms. The fourth-order valence-corrected chi connectivity index (χ4v) is 2.38. The monoisotopic (exact) mass is 251 g/mol. The van der Waals surface area contributed by atoms with E-state index >= 15 is 0 Å². The normalized spacial score (nSPS) is 20.7. The van der Waals surface area contributed by atoms with Crippen LogP contribution in [-0.4, -0.2) is 17.4 Å². The van der Waals surface area contributed by atoms with Crippen molar-refractivity contribution in [2.24, 2.45) is 5.92 Å². The Morgan fingerprint density at radius 3 is 2.59 bits per heavy atom. The third-order valence-corrected chi connectivity index (χ3v) is 3.60. The first-order chi connectivity index (χ1) is 8.19. The maximum Gasteiger partial charge on any atom is 0.222 e. The van der Waals surface area contributed by atoms with E-state index in [2.05, 4.69) is 19.1 Å². The van der Waals surface area contributed by atoms with E-state index in [0.29, 0.717) is 18.2 Å². The van der Waals surface area contributed by atoms with E-state index in [4.69, 9.17) is 11.6 Å². The number of piperidine rings is 1. The summed E-state index contributed by atoms with van der Waals surface area (Å²) in [5.41, 5.74) is 2.30. The van der Waals surface area contributed by atoms with Crippen LogP contribution in [0.3, 0.4) is 0 Å². The molecule has 0 spiro atoms. The Kier molecular flexibility index (Phi) is 4.06. The number of rotatable bonds is 3. The summed E-state index contributed by atoms with van der Waals surface area (Å²) < 4.78 is 0. The number of benzene rings is 1. The second kappa shape index (κ2) is 5.54. The Morgan fingerprint density at radius 2 is 1.94 bits per heavy atom. The zero-order valence-electron chi connectivity index (χ0n) is 10.2. The van der Waals surface area contributed by atoms with Gasteiger partial charge in [-0.1, -0.05) is 31.2 Å². The van der Waals surface area contributed by atoms with Gasteiger partial charge in [0.25, 0.3) is 0 Å². The highest BCUT2D eigenvalue weighted by atomic mass is 35.5. The van der Waals surface area contributed by atoms with Crippen molar-refractivity contribution in [2.45, 2.75) is 32.2 Å². The van der Waals surface area contributed by atoms with Crippen molar-refractivity contribution >= 4 is 17.5 Å². The van der Waals surface area contributed by atoms with Gasteiger partial charge in [0.05, 0.1) is 0 Å². The van der Waals surface area contributed by atoms with Gasteiger partial charge in [0.2, 0.25) is 5.91 Å². The zero-order valence-corrected chi connectivity index (χ0v) is 10.9. The molecule has 0 aliphatic carbocycles. The van der Waals surface area contributed by atoms with Gasteiger partial charge in [0.15, 0.2) is 0 Å². The molecule has 1 aliphatic rings. The zero-order chi connectivity index (χ0) is 12.3. The molecule has 1 aromatic rings. The van der Waals surface area contributed by atoms with Crippen molar-refractivity contribution in [3.8, 4) is 0 Å². The topological polar surface area (TPSA) is 20.3 Å². The highest BCUT2D eigenvalue weighted by molar-refractivity contribution is 6.17. The molecule has 1 saturated heterocycles. The van der Waals surface area contributed by atoms with E-state index < -0.39 is 0 Å². The number of likely N-dealkylation sites (tertiary alicyclic amines) is 1. The van der Waals surface area contributed by atoms with E-state index in [0.717, 1.165) is 25.1 Å². The second-order valence-electron chi connectivity index (χ2n) is 4.87. The van der Waals surface area contributed by atoms with Gasteiger partial charge in [-0.2, -0.15) is 0 Å². The first kappa shape index (κ1) is 12.4. The first-order valence-electron chi connectivity index (χ1n) is 6.10. The van der Waals surface area contributed by atoms with Crippen LogP contribution in [-0.2, 0) is 17.2 Å². The summed E-state index contributed by atoms with van der Waals surface area (Å²) in [5, 5.41) is 0. The smallest absolute Gasteiger partial charge is 0.222 e. The van der Waals surface area contributed by atoms with Crippen LogP contribution in [0.5, 0.6) is 0 Å². The van der Waals surface area contributed by atoms with Crippen LogP contribution in [0.2, 0.25) is 0 Å². The molecule has 0 saturated carbocycles. The second-order valence-corrected chi connectivity index (χ2v) is 5.14. The third-order valence-electron chi connectivity index (χ3n) is 3.29. The summed E-state index contributed by atoms with van der Waals surface area (Å²) >= 11 is 5.75. The number of hydrogen-bond acceptors (Lipinski definition) is 1. The Bertz CT molecular complexity index is 388. The molecule has 2 nitrogen and oxygen atoms in total. The number of alkyl halides is 1. The summed E-state index contributed by atoms with van der Waals surface area (Å²) in [7, 11) is 0. The van der Waals surface area contributed by atoms with E-state index in [1.54, 1.807) is 0 Å². The van der Waals surface area contributed by atoms with Crippen molar-refractivity contribution < 1.29 is 4.79 Å². The minimum absolute atomic E-state index is 0.282. The SMILES string of the molecule is CC1CCC(=O)N(Cc2ccc(CCl)cc2)C1. The van der Waals surface area contributed by atoms with Crippen LogP contribution >= 0.6 is 11.6 Å². The number of carbonyl (C=O) groups is 1. The fourth-order valence-electron chi connectivity index (χ4n) is 2.20. The lowest BCUT2D eigenvalue weighted by Crippen LogP contribution is -2.38. The van der Waals surface area contributed by atoms with Gasteiger partial charge >= 0.3 is 0 Å². The van der Waals surface area contributed by atoms with Gasteiger partial charge in [0, 0.05) is 25.4 Å².